The highest BCUT2D eigenvalue weighted by Gasteiger charge is 2.22. The summed E-state index contributed by atoms with van der Waals surface area (Å²) in [6.45, 7) is 9.37. The van der Waals surface area contributed by atoms with Gasteiger partial charge in [-0.05, 0) is 72.5 Å². The van der Waals surface area contributed by atoms with Crippen molar-refractivity contribution in [2.45, 2.75) is 45.9 Å². The predicted molar refractivity (Wildman–Crippen MR) is 123 cm³/mol. The molecule has 1 N–H and O–H groups in total. The molecule has 0 spiro atoms. The van der Waals surface area contributed by atoms with Gasteiger partial charge in [0, 0.05) is 29.7 Å². The predicted octanol–water partition coefficient (Wildman–Crippen LogP) is 5.65. The van der Waals surface area contributed by atoms with Gasteiger partial charge in [0.1, 0.15) is 6.61 Å². The highest BCUT2D eigenvalue weighted by molar-refractivity contribution is 9.10. The number of nitrogens with one attached hydrogen (secondary N) is 1. The van der Waals surface area contributed by atoms with E-state index in [2.05, 4.69) is 45.2 Å². The third kappa shape index (κ3) is 6.11. The number of nitrogens with zero attached hydrogens (tertiary/aromatic N) is 1. The molecule has 1 heterocycles. The quantitative estimate of drug-likeness (QED) is 0.475. The van der Waals surface area contributed by atoms with E-state index < -0.39 is 0 Å². The second kappa shape index (κ2) is 11.2. The van der Waals surface area contributed by atoms with E-state index in [9.17, 15) is 0 Å². The van der Waals surface area contributed by atoms with E-state index in [1.807, 2.05) is 31.2 Å². The Kier molecular flexibility index (Phi) is 8.67. The van der Waals surface area contributed by atoms with Gasteiger partial charge in [-0.25, -0.2) is 0 Å². The summed E-state index contributed by atoms with van der Waals surface area (Å²) in [5, 5.41) is 4.32. The van der Waals surface area contributed by atoms with Gasteiger partial charge in [0.05, 0.1) is 11.1 Å². The van der Waals surface area contributed by atoms with Crippen molar-refractivity contribution in [1.29, 1.82) is 0 Å². The molecule has 1 aliphatic heterocycles. The number of halogens is 2. The number of hydrogen-bond donors (Lipinski definition) is 1. The van der Waals surface area contributed by atoms with Crippen LogP contribution in [0.4, 0.5) is 0 Å². The lowest BCUT2D eigenvalue weighted by Gasteiger charge is -2.23. The number of ether oxygens (including phenoxy) is 2. The van der Waals surface area contributed by atoms with Gasteiger partial charge in [0.15, 0.2) is 11.5 Å². The van der Waals surface area contributed by atoms with E-state index in [0.29, 0.717) is 30.0 Å². The molecular formula is C23H30BrClN2O2. The molecule has 1 atom stereocenters. The van der Waals surface area contributed by atoms with Gasteiger partial charge in [0.25, 0.3) is 0 Å². The minimum Gasteiger partial charge on any atom is -0.490 e. The maximum Gasteiger partial charge on any atom is 0.175 e. The van der Waals surface area contributed by atoms with Crippen LogP contribution in [0.3, 0.4) is 0 Å². The zero-order valence-electron chi connectivity index (χ0n) is 17.2. The second-order valence-electron chi connectivity index (χ2n) is 7.27. The molecule has 29 heavy (non-hydrogen) atoms. The van der Waals surface area contributed by atoms with Crippen molar-refractivity contribution >= 4 is 27.5 Å². The van der Waals surface area contributed by atoms with Crippen molar-refractivity contribution in [2.24, 2.45) is 0 Å². The molecule has 0 aromatic heterocycles. The van der Waals surface area contributed by atoms with Crippen LogP contribution in [0.2, 0.25) is 5.02 Å². The van der Waals surface area contributed by atoms with Gasteiger partial charge >= 0.3 is 0 Å². The van der Waals surface area contributed by atoms with Crippen molar-refractivity contribution in [3.8, 4) is 11.5 Å². The smallest absolute Gasteiger partial charge is 0.175 e. The summed E-state index contributed by atoms with van der Waals surface area (Å²) >= 11 is 9.92. The Morgan fingerprint density at radius 1 is 1.21 bits per heavy atom. The van der Waals surface area contributed by atoms with Gasteiger partial charge in [-0.15, -0.1) is 0 Å². The van der Waals surface area contributed by atoms with Crippen LogP contribution in [0.1, 0.15) is 37.8 Å². The van der Waals surface area contributed by atoms with Crippen molar-refractivity contribution in [2.75, 3.05) is 26.2 Å². The first-order valence-corrected chi connectivity index (χ1v) is 11.6. The molecular weight excluding hydrogens is 452 g/mol. The molecule has 4 nitrogen and oxygen atoms in total. The topological polar surface area (TPSA) is 33.7 Å². The summed E-state index contributed by atoms with van der Waals surface area (Å²) in [5.74, 6) is 1.46. The summed E-state index contributed by atoms with van der Waals surface area (Å²) in [6.07, 6.45) is 2.58. The number of benzene rings is 2. The minimum absolute atomic E-state index is 0.393. The maximum atomic E-state index is 6.25. The highest BCUT2D eigenvalue weighted by Crippen LogP contribution is 2.38. The Bertz CT molecular complexity index is 802. The van der Waals surface area contributed by atoms with E-state index >= 15 is 0 Å². The number of hydrogen-bond acceptors (Lipinski definition) is 4. The van der Waals surface area contributed by atoms with E-state index in [-0.39, 0.29) is 0 Å². The number of likely N-dealkylation sites (N-methyl/N-ethyl adjacent to an activating group) is 1. The normalized spacial score (nSPS) is 16.9. The standard InChI is InChI=1S/C23H30BrClN2O2/c1-3-27-11-7-9-19(27)15-26-14-17-12-20(24)23(22(13-17)28-4-2)29-16-18-8-5-6-10-21(18)25/h5-6,8,10,12-13,19,26H,3-4,7,9,11,14-16H2,1-2H3. The van der Waals surface area contributed by atoms with Crippen LogP contribution in [0, 0.1) is 0 Å². The molecule has 1 unspecified atom stereocenters. The van der Waals surface area contributed by atoms with Gasteiger partial charge in [-0.3, -0.25) is 4.90 Å². The first kappa shape index (κ1) is 22.4. The fraction of sp³-hybridized carbons (Fsp3) is 0.478. The Hall–Kier alpha value is -1.27. The van der Waals surface area contributed by atoms with Gasteiger partial charge in [0.2, 0.25) is 0 Å². The molecule has 158 valence electrons. The molecule has 1 fully saturated rings. The Balaban J connectivity index is 1.65. The molecule has 3 rings (SSSR count). The summed E-state index contributed by atoms with van der Waals surface area (Å²) < 4.78 is 12.8. The zero-order valence-corrected chi connectivity index (χ0v) is 19.6. The lowest BCUT2D eigenvalue weighted by molar-refractivity contribution is 0.259. The van der Waals surface area contributed by atoms with Crippen molar-refractivity contribution in [3.05, 3.63) is 57.0 Å². The molecule has 1 saturated heterocycles. The number of likely N-dealkylation sites (tertiary alicyclic amines) is 1. The third-order valence-corrected chi connectivity index (χ3v) is 6.27. The molecule has 2 aromatic carbocycles. The average molecular weight is 482 g/mol. The highest BCUT2D eigenvalue weighted by atomic mass is 79.9. The largest absolute Gasteiger partial charge is 0.490 e. The Labute approximate surface area is 187 Å². The van der Waals surface area contributed by atoms with Crippen LogP contribution in [-0.4, -0.2) is 37.2 Å². The van der Waals surface area contributed by atoms with Crippen LogP contribution >= 0.6 is 27.5 Å². The molecule has 0 bridgehead atoms. The molecule has 0 saturated carbocycles. The summed E-state index contributed by atoms with van der Waals surface area (Å²) in [4.78, 5) is 2.56. The zero-order chi connectivity index (χ0) is 20.6. The molecule has 6 heteroatoms. The fourth-order valence-electron chi connectivity index (χ4n) is 3.82. The average Bonchev–Trinajstić information content (AvgIpc) is 3.16. The van der Waals surface area contributed by atoms with Gasteiger partial charge in [-0.1, -0.05) is 36.7 Å². The Morgan fingerprint density at radius 2 is 2.03 bits per heavy atom. The fourth-order valence-corrected chi connectivity index (χ4v) is 4.61. The molecule has 0 radical (unpaired) electrons. The first-order chi connectivity index (χ1) is 14.1. The lowest BCUT2D eigenvalue weighted by Crippen LogP contribution is -2.37. The second-order valence-corrected chi connectivity index (χ2v) is 8.54. The lowest BCUT2D eigenvalue weighted by atomic mass is 10.1. The van der Waals surface area contributed by atoms with Crippen LogP contribution in [0.5, 0.6) is 11.5 Å². The van der Waals surface area contributed by atoms with Crippen LogP contribution in [0.25, 0.3) is 0 Å². The van der Waals surface area contributed by atoms with Gasteiger partial charge < -0.3 is 14.8 Å². The van der Waals surface area contributed by atoms with Crippen molar-refractivity contribution < 1.29 is 9.47 Å². The van der Waals surface area contributed by atoms with Crippen molar-refractivity contribution in [3.63, 3.8) is 0 Å². The molecule has 0 amide bonds. The molecule has 1 aliphatic rings. The van der Waals surface area contributed by atoms with Crippen LogP contribution < -0.4 is 14.8 Å². The van der Waals surface area contributed by atoms with E-state index in [4.69, 9.17) is 21.1 Å². The molecule has 2 aromatic rings. The summed E-state index contributed by atoms with van der Waals surface area (Å²) in [7, 11) is 0. The van der Waals surface area contributed by atoms with Crippen molar-refractivity contribution in [1.82, 2.24) is 10.2 Å². The summed E-state index contributed by atoms with van der Waals surface area (Å²) in [6, 6.07) is 12.5. The first-order valence-electron chi connectivity index (χ1n) is 10.4. The monoisotopic (exact) mass is 480 g/mol. The molecule has 0 aliphatic carbocycles. The van der Waals surface area contributed by atoms with Crippen LogP contribution in [-0.2, 0) is 13.2 Å². The Morgan fingerprint density at radius 3 is 2.79 bits per heavy atom. The van der Waals surface area contributed by atoms with Crippen LogP contribution in [0.15, 0.2) is 40.9 Å². The van der Waals surface area contributed by atoms with E-state index in [1.165, 1.54) is 24.9 Å². The minimum atomic E-state index is 0.393. The van der Waals surface area contributed by atoms with E-state index in [1.54, 1.807) is 0 Å². The SMILES string of the molecule is CCOc1cc(CNCC2CCCN2CC)cc(Br)c1OCc1ccccc1Cl. The summed E-state index contributed by atoms with van der Waals surface area (Å²) in [5.41, 5.74) is 2.12. The third-order valence-electron chi connectivity index (χ3n) is 5.31. The van der Waals surface area contributed by atoms with E-state index in [0.717, 1.165) is 35.4 Å². The number of rotatable bonds is 10. The maximum absolute atomic E-state index is 6.25. The van der Waals surface area contributed by atoms with Gasteiger partial charge in [-0.2, -0.15) is 0 Å².